The highest BCUT2D eigenvalue weighted by atomic mass is 79.9. The number of carbonyl (C=O) groups excluding carboxylic acids is 1. The van der Waals surface area contributed by atoms with Crippen LogP contribution in [0, 0.1) is 13.8 Å². The highest BCUT2D eigenvalue weighted by Gasteiger charge is 2.28. The quantitative estimate of drug-likeness (QED) is 0.448. The van der Waals surface area contributed by atoms with Gasteiger partial charge in [-0.1, -0.05) is 17.7 Å². The van der Waals surface area contributed by atoms with Crippen LogP contribution in [0.15, 0.2) is 40.9 Å². The first kappa shape index (κ1) is 22.8. The van der Waals surface area contributed by atoms with Gasteiger partial charge < -0.3 is 9.64 Å². The Morgan fingerprint density at radius 3 is 2.56 bits per heavy atom. The number of ether oxygens (including phenoxy) is 1. The molecule has 1 fully saturated rings. The molecule has 1 aliphatic rings. The fourth-order valence-corrected chi connectivity index (χ4v) is 4.64. The maximum Gasteiger partial charge on any atom is 0.160 e. The van der Waals surface area contributed by atoms with Gasteiger partial charge in [0.15, 0.2) is 12.5 Å². The summed E-state index contributed by atoms with van der Waals surface area (Å²) >= 11 is 9.82. The zero-order valence-corrected chi connectivity index (χ0v) is 20.6. The fraction of sp³-hybridized carbons (Fsp3) is 0.348. The summed E-state index contributed by atoms with van der Waals surface area (Å²) in [5, 5.41) is 5.36. The van der Waals surface area contributed by atoms with Gasteiger partial charge in [0.25, 0.3) is 0 Å². The Morgan fingerprint density at radius 1 is 1.16 bits per heavy atom. The van der Waals surface area contributed by atoms with E-state index in [1.807, 2.05) is 50.2 Å². The van der Waals surface area contributed by atoms with Gasteiger partial charge in [0.1, 0.15) is 11.4 Å². The fourth-order valence-electron chi connectivity index (χ4n) is 3.98. The molecule has 1 aliphatic heterocycles. The SMILES string of the molecule is COc1cc(N2CCN(C(C=O)n3nc(-c4cccc(C)n4)c(Br)c3C)CC2)ccc1Cl. The van der Waals surface area contributed by atoms with E-state index in [9.17, 15) is 4.79 Å². The van der Waals surface area contributed by atoms with Crippen molar-refractivity contribution in [3.63, 3.8) is 0 Å². The lowest BCUT2D eigenvalue weighted by Gasteiger charge is -2.38. The third-order valence-electron chi connectivity index (χ3n) is 5.77. The highest BCUT2D eigenvalue weighted by molar-refractivity contribution is 9.10. The van der Waals surface area contributed by atoms with Crippen LogP contribution >= 0.6 is 27.5 Å². The molecule has 0 aliphatic carbocycles. The number of benzene rings is 1. The smallest absolute Gasteiger partial charge is 0.160 e. The van der Waals surface area contributed by atoms with Gasteiger partial charge in [0.05, 0.1) is 28.0 Å². The van der Waals surface area contributed by atoms with Crippen molar-refractivity contribution in [2.75, 3.05) is 38.2 Å². The number of aromatic nitrogens is 3. The van der Waals surface area contributed by atoms with Gasteiger partial charge in [0, 0.05) is 43.6 Å². The second kappa shape index (κ2) is 9.60. The molecule has 0 spiro atoms. The van der Waals surface area contributed by atoms with E-state index in [1.54, 1.807) is 11.8 Å². The molecule has 0 bridgehead atoms. The molecule has 4 rings (SSSR count). The first-order valence-corrected chi connectivity index (χ1v) is 11.6. The van der Waals surface area contributed by atoms with Crippen LogP contribution in [-0.4, -0.2) is 59.2 Å². The number of halogens is 2. The van der Waals surface area contributed by atoms with Crippen LogP contribution in [0.2, 0.25) is 5.02 Å². The Morgan fingerprint density at radius 2 is 1.91 bits per heavy atom. The number of carbonyl (C=O) groups is 1. The van der Waals surface area contributed by atoms with E-state index in [0.29, 0.717) is 10.8 Å². The number of hydrogen-bond donors (Lipinski definition) is 0. The summed E-state index contributed by atoms with van der Waals surface area (Å²) < 4.78 is 7.99. The van der Waals surface area contributed by atoms with Gasteiger partial charge >= 0.3 is 0 Å². The molecule has 0 saturated carbocycles. The number of piperazine rings is 1. The number of methoxy groups -OCH3 is 1. The van der Waals surface area contributed by atoms with E-state index in [0.717, 1.165) is 65.4 Å². The lowest BCUT2D eigenvalue weighted by Crippen LogP contribution is -2.49. The minimum Gasteiger partial charge on any atom is -0.495 e. The number of nitrogens with zero attached hydrogens (tertiary/aromatic N) is 5. The predicted molar refractivity (Wildman–Crippen MR) is 130 cm³/mol. The summed E-state index contributed by atoms with van der Waals surface area (Å²) in [6, 6.07) is 11.6. The summed E-state index contributed by atoms with van der Waals surface area (Å²) in [5.74, 6) is 0.659. The van der Waals surface area contributed by atoms with E-state index in [-0.39, 0.29) is 0 Å². The summed E-state index contributed by atoms with van der Waals surface area (Å²) in [5.41, 5.74) is 4.39. The van der Waals surface area contributed by atoms with Crippen molar-refractivity contribution in [1.29, 1.82) is 0 Å². The van der Waals surface area contributed by atoms with Crippen molar-refractivity contribution in [1.82, 2.24) is 19.7 Å². The van der Waals surface area contributed by atoms with Crippen LogP contribution in [0.3, 0.4) is 0 Å². The van der Waals surface area contributed by atoms with Crippen molar-refractivity contribution in [3.8, 4) is 17.1 Å². The Balaban J connectivity index is 1.53. The molecule has 0 amide bonds. The number of anilines is 1. The van der Waals surface area contributed by atoms with Crippen LogP contribution in [0.1, 0.15) is 17.6 Å². The number of hydrogen-bond acceptors (Lipinski definition) is 6. The van der Waals surface area contributed by atoms with E-state index >= 15 is 0 Å². The van der Waals surface area contributed by atoms with Crippen molar-refractivity contribution < 1.29 is 9.53 Å². The third kappa shape index (κ3) is 4.40. The van der Waals surface area contributed by atoms with Crippen molar-refractivity contribution in [2.24, 2.45) is 0 Å². The van der Waals surface area contributed by atoms with Crippen molar-refractivity contribution in [2.45, 2.75) is 20.0 Å². The highest BCUT2D eigenvalue weighted by Crippen LogP contribution is 2.33. The number of pyridine rings is 1. The van der Waals surface area contributed by atoms with Gasteiger partial charge in [-0.3, -0.25) is 14.7 Å². The average Bonchev–Trinajstić information content (AvgIpc) is 3.10. The summed E-state index contributed by atoms with van der Waals surface area (Å²) in [7, 11) is 1.61. The molecular formula is C23H25BrClN5O2. The van der Waals surface area contributed by atoms with Crippen LogP contribution in [0.4, 0.5) is 5.69 Å². The largest absolute Gasteiger partial charge is 0.495 e. The molecule has 168 valence electrons. The average molecular weight is 519 g/mol. The van der Waals surface area contributed by atoms with Gasteiger partial charge in [-0.2, -0.15) is 5.10 Å². The summed E-state index contributed by atoms with van der Waals surface area (Å²) in [4.78, 5) is 21.2. The van der Waals surface area contributed by atoms with E-state index < -0.39 is 6.17 Å². The molecule has 1 aromatic carbocycles. The zero-order chi connectivity index (χ0) is 22.8. The van der Waals surface area contributed by atoms with Crippen LogP contribution in [-0.2, 0) is 4.79 Å². The Labute approximate surface area is 201 Å². The third-order valence-corrected chi connectivity index (χ3v) is 7.03. The Bertz CT molecular complexity index is 1130. The monoisotopic (exact) mass is 517 g/mol. The van der Waals surface area contributed by atoms with Gasteiger partial charge in [0.2, 0.25) is 0 Å². The Hall–Kier alpha value is -2.42. The zero-order valence-electron chi connectivity index (χ0n) is 18.3. The molecule has 9 heteroatoms. The Kier molecular flexibility index (Phi) is 6.83. The first-order chi connectivity index (χ1) is 15.4. The molecule has 0 N–H and O–H groups in total. The number of rotatable bonds is 6. The maximum atomic E-state index is 12.2. The lowest BCUT2D eigenvalue weighted by molar-refractivity contribution is -0.116. The van der Waals surface area contributed by atoms with Crippen LogP contribution in [0.5, 0.6) is 5.75 Å². The topological polar surface area (TPSA) is 63.5 Å². The van der Waals surface area contributed by atoms with Gasteiger partial charge in [-0.25, -0.2) is 4.68 Å². The van der Waals surface area contributed by atoms with E-state index in [2.05, 4.69) is 30.7 Å². The van der Waals surface area contributed by atoms with Crippen molar-refractivity contribution >= 4 is 39.5 Å². The van der Waals surface area contributed by atoms with Gasteiger partial charge in [-0.15, -0.1) is 0 Å². The minimum atomic E-state index is -0.480. The minimum absolute atomic E-state index is 0.480. The molecule has 7 nitrogen and oxygen atoms in total. The second-order valence-electron chi connectivity index (χ2n) is 7.75. The molecule has 3 heterocycles. The standard InChI is InChI=1S/C23H25BrClN5O2/c1-15-5-4-6-19(26-15)23-22(24)16(2)30(27-23)21(14-31)29-11-9-28(10-12-29)17-7-8-18(25)20(13-17)32-3/h4-8,13-14,21H,9-12H2,1-3H3. The molecule has 0 radical (unpaired) electrons. The lowest BCUT2D eigenvalue weighted by atomic mass is 10.2. The first-order valence-electron chi connectivity index (χ1n) is 10.4. The number of aldehydes is 1. The summed E-state index contributed by atoms with van der Waals surface area (Å²) in [6.07, 6.45) is 0.479. The van der Waals surface area contributed by atoms with Crippen molar-refractivity contribution in [3.05, 3.63) is 57.3 Å². The predicted octanol–water partition coefficient (Wildman–Crippen LogP) is 4.51. The van der Waals surface area contributed by atoms with Crippen LogP contribution in [0.25, 0.3) is 11.4 Å². The molecule has 1 atom stereocenters. The molecule has 2 aromatic heterocycles. The number of aryl methyl sites for hydroxylation is 1. The molecule has 1 unspecified atom stereocenters. The normalized spacial score (nSPS) is 15.6. The molecule has 32 heavy (non-hydrogen) atoms. The van der Waals surface area contributed by atoms with Crippen LogP contribution < -0.4 is 9.64 Å². The molecule has 1 saturated heterocycles. The summed E-state index contributed by atoms with van der Waals surface area (Å²) in [6.45, 7) is 6.92. The molecular weight excluding hydrogens is 494 g/mol. The van der Waals surface area contributed by atoms with Gasteiger partial charge in [-0.05, 0) is 54.0 Å². The molecule has 3 aromatic rings. The second-order valence-corrected chi connectivity index (χ2v) is 8.95. The van der Waals surface area contributed by atoms with E-state index in [4.69, 9.17) is 21.4 Å². The van der Waals surface area contributed by atoms with E-state index in [1.165, 1.54) is 0 Å². The maximum absolute atomic E-state index is 12.2.